The minimum atomic E-state index is -0.227. The average Bonchev–Trinajstić information content (AvgIpc) is 3.18. The van der Waals surface area contributed by atoms with Gasteiger partial charge in [-0.25, -0.2) is 9.97 Å². The highest BCUT2D eigenvalue weighted by Crippen LogP contribution is 2.29. The van der Waals surface area contributed by atoms with E-state index in [1.165, 1.54) is 17.7 Å². The Morgan fingerprint density at radius 2 is 1.92 bits per heavy atom. The number of nitrogens with zero attached hydrogens (tertiary/aromatic N) is 4. The van der Waals surface area contributed by atoms with E-state index in [0.717, 1.165) is 22.6 Å². The van der Waals surface area contributed by atoms with E-state index in [1.807, 2.05) is 31.2 Å². The molecule has 0 radical (unpaired) electrons. The smallest absolute Gasteiger partial charge is 0.151 e. The highest BCUT2D eigenvalue weighted by molar-refractivity contribution is 7.12. The molecule has 0 amide bonds. The Kier molecular flexibility index (Phi) is 5.88. The summed E-state index contributed by atoms with van der Waals surface area (Å²) in [5.74, 6) is 0.809. The molecule has 1 N–H and O–H groups in total. The summed E-state index contributed by atoms with van der Waals surface area (Å²) in [5, 5.41) is 19.2. The third-order valence-electron chi connectivity index (χ3n) is 3.68. The number of hydrogen-bond donors (Lipinski definition) is 1. The van der Waals surface area contributed by atoms with E-state index < -0.39 is 0 Å². The number of methoxy groups -OCH3 is 1. The van der Waals surface area contributed by atoms with E-state index in [-0.39, 0.29) is 6.10 Å². The van der Waals surface area contributed by atoms with Gasteiger partial charge in [0.2, 0.25) is 0 Å². The topological polar surface area (TPSA) is 90.2 Å². The van der Waals surface area contributed by atoms with Crippen LogP contribution in [0.4, 0.5) is 0 Å². The van der Waals surface area contributed by atoms with Crippen molar-refractivity contribution in [2.75, 3.05) is 7.11 Å². The lowest BCUT2D eigenvalue weighted by atomic mass is 10.2. The van der Waals surface area contributed by atoms with Crippen LogP contribution < -0.4 is 4.74 Å². The molecule has 0 spiro atoms. The lowest BCUT2D eigenvalue weighted by Gasteiger charge is -2.10. The summed E-state index contributed by atoms with van der Waals surface area (Å²) in [7, 11) is 1.64. The lowest BCUT2D eigenvalue weighted by Crippen LogP contribution is -2.00. The number of rotatable bonds is 7. The Morgan fingerprint density at radius 3 is 2.58 bits per heavy atom. The van der Waals surface area contributed by atoms with Gasteiger partial charge < -0.3 is 14.6 Å². The molecule has 1 aromatic carbocycles. The molecule has 0 fully saturated rings. The van der Waals surface area contributed by atoms with Gasteiger partial charge >= 0.3 is 0 Å². The summed E-state index contributed by atoms with van der Waals surface area (Å²) in [5.41, 5.74) is 2.24. The Morgan fingerprint density at radius 1 is 1.19 bits per heavy atom. The first-order valence-electron chi connectivity index (χ1n) is 7.89. The Balaban J connectivity index is 1.66. The fraction of sp³-hybridized carbons (Fsp3) is 0.222. The predicted molar refractivity (Wildman–Crippen MR) is 97.8 cm³/mol. The maximum atomic E-state index is 9.56. The largest absolute Gasteiger partial charge is 0.515 e. The van der Waals surface area contributed by atoms with Gasteiger partial charge in [0, 0.05) is 18.0 Å². The number of benzene rings is 1. The van der Waals surface area contributed by atoms with Crippen LogP contribution in [0.3, 0.4) is 0 Å². The van der Waals surface area contributed by atoms with Gasteiger partial charge in [-0.15, -0.1) is 10.2 Å². The van der Waals surface area contributed by atoms with Crippen LogP contribution in [0.5, 0.6) is 5.75 Å². The molecule has 1 unspecified atom stereocenters. The van der Waals surface area contributed by atoms with E-state index in [2.05, 4.69) is 20.2 Å². The quantitative estimate of drug-likeness (QED) is 0.636. The normalized spacial score (nSPS) is 12.8. The van der Waals surface area contributed by atoms with Crippen LogP contribution in [0, 0.1) is 0 Å². The summed E-state index contributed by atoms with van der Waals surface area (Å²) in [6.07, 6.45) is 5.42. The zero-order chi connectivity index (χ0) is 18.4. The molecule has 2 heterocycles. The molecule has 7 nitrogen and oxygen atoms in total. The van der Waals surface area contributed by atoms with Crippen LogP contribution in [0.25, 0.3) is 5.57 Å². The second kappa shape index (κ2) is 8.50. The molecule has 0 aliphatic carbocycles. The average molecular weight is 370 g/mol. The zero-order valence-electron chi connectivity index (χ0n) is 14.4. The van der Waals surface area contributed by atoms with Gasteiger partial charge in [-0.05, 0) is 24.6 Å². The molecule has 1 atom stereocenters. The van der Waals surface area contributed by atoms with Gasteiger partial charge in [-0.1, -0.05) is 23.5 Å². The Bertz CT molecular complexity index is 866. The summed E-state index contributed by atoms with van der Waals surface area (Å²) in [4.78, 5) is 7.91. The van der Waals surface area contributed by atoms with Crippen molar-refractivity contribution in [2.45, 2.75) is 19.6 Å². The molecule has 0 aliphatic heterocycles. The SMILES string of the molecule is COc1ccc(COC(C)c2nnc(/C(=C/O)c3cncnc3)s2)cc1. The molecule has 3 aromatic rings. The third kappa shape index (κ3) is 4.22. The van der Waals surface area contributed by atoms with Crippen molar-refractivity contribution in [3.05, 3.63) is 70.4 Å². The molecule has 0 bridgehead atoms. The molecule has 134 valence electrons. The third-order valence-corrected chi connectivity index (χ3v) is 4.80. The van der Waals surface area contributed by atoms with Crippen molar-refractivity contribution < 1.29 is 14.6 Å². The zero-order valence-corrected chi connectivity index (χ0v) is 15.2. The molecule has 8 heteroatoms. The predicted octanol–water partition coefficient (Wildman–Crippen LogP) is 3.56. The van der Waals surface area contributed by atoms with Gasteiger partial charge in [-0.2, -0.15) is 0 Å². The van der Waals surface area contributed by atoms with Gasteiger partial charge in [-0.3, -0.25) is 0 Å². The van der Waals surface area contributed by atoms with Crippen molar-refractivity contribution in [3.63, 3.8) is 0 Å². The highest BCUT2D eigenvalue weighted by atomic mass is 32.1. The standard InChI is InChI=1S/C18H18N4O3S/c1-12(25-10-13-3-5-15(24-2)6-4-13)17-21-22-18(26-17)16(9-23)14-7-19-11-20-8-14/h3-9,11-12,23H,10H2,1-2H3/b16-9+. The first kappa shape index (κ1) is 18.0. The Labute approximate surface area is 155 Å². The number of hydrogen-bond acceptors (Lipinski definition) is 8. The summed E-state index contributed by atoms with van der Waals surface area (Å²) in [6, 6.07) is 7.71. The molecule has 26 heavy (non-hydrogen) atoms. The summed E-state index contributed by atoms with van der Waals surface area (Å²) in [6.45, 7) is 2.37. The van der Waals surface area contributed by atoms with E-state index in [4.69, 9.17) is 9.47 Å². The van der Waals surface area contributed by atoms with Crippen LogP contribution in [-0.4, -0.2) is 32.4 Å². The van der Waals surface area contributed by atoms with Crippen LogP contribution in [0.15, 0.2) is 49.2 Å². The number of ether oxygens (including phenoxy) is 2. The monoisotopic (exact) mass is 370 g/mol. The fourth-order valence-corrected chi connectivity index (χ4v) is 3.09. The molecule has 0 saturated heterocycles. The van der Waals surface area contributed by atoms with E-state index in [0.29, 0.717) is 22.8 Å². The summed E-state index contributed by atoms with van der Waals surface area (Å²) >= 11 is 1.36. The number of aromatic nitrogens is 4. The van der Waals surface area contributed by atoms with Crippen LogP contribution in [-0.2, 0) is 11.3 Å². The molecule has 0 aliphatic rings. The maximum Gasteiger partial charge on any atom is 0.151 e. The maximum absolute atomic E-state index is 9.56. The fourth-order valence-electron chi connectivity index (χ4n) is 2.21. The minimum absolute atomic E-state index is 0.227. The van der Waals surface area contributed by atoms with Crippen molar-refractivity contribution in [1.29, 1.82) is 0 Å². The lowest BCUT2D eigenvalue weighted by molar-refractivity contribution is 0.0519. The molecule has 0 saturated carbocycles. The molecule has 2 aromatic heterocycles. The first-order chi connectivity index (χ1) is 12.7. The number of aliphatic hydroxyl groups excluding tert-OH is 1. The van der Waals surface area contributed by atoms with Crippen molar-refractivity contribution in [1.82, 2.24) is 20.2 Å². The minimum Gasteiger partial charge on any atom is -0.515 e. The van der Waals surface area contributed by atoms with E-state index in [1.54, 1.807) is 19.5 Å². The first-order valence-corrected chi connectivity index (χ1v) is 8.71. The number of aliphatic hydroxyl groups is 1. The van der Waals surface area contributed by atoms with Gasteiger partial charge in [0.25, 0.3) is 0 Å². The molecular weight excluding hydrogens is 352 g/mol. The van der Waals surface area contributed by atoms with Gasteiger partial charge in [0.15, 0.2) is 5.01 Å². The van der Waals surface area contributed by atoms with Crippen LogP contribution >= 0.6 is 11.3 Å². The van der Waals surface area contributed by atoms with Crippen molar-refractivity contribution in [3.8, 4) is 5.75 Å². The van der Waals surface area contributed by atoms with Crippen LogP contribution in [0.2, 0.25) is 0 Å². The van der Waals surface area contributed by atoms with Crippen molar-refractivity contribution >= 4 is 16.9 Å². The molecule has 3 rings (SSSR count). The Hall–Kier alpha value is -2.84. The second-order valence-corrected chi connectivity index (χ2v) is 6.43. The molecular formula is C18H18N4O3S. The summed E-state index contributed by atoms with van der Waals surface area (Å²) < 4.78 is 11.0. The van der Waals surface area contributed by atoms with Gasteiger partial charge in [0.05, 0.1) is 25.6 Å². The van der Waals surface area contributed by atoms with E-state index >= 15 is 0 Å². The highest BCUT2D eigenvalue weighted by Gasteiger charge is 2.17. The second-order valence-electron chi connectivity index (χ2n) is 5.42. The van der Waals surface area contributed by atoms with Gasteiger partial charge in [0.1, 0.15) is 23.2 Å². The van der Waals surface area contributed by atoms with Crippen LogP contribution in [0.1, 0.15) is 34.2 Å². The van der Waals surface area contributed by atoms with E-state index in [9.17, 15) is 5.11 Å². The van der Waals surface area contributed by atoms with Crippen molar-refractivity contribution in [2.24, 2.45) is 0 Å².